The molecule has 1 nitrogen and oxygen atoms in total. The normalized spacial score (nSPS) is 34.4. The monoisotopic (exact) mass is 372 g/mol. The van der Waals surface area contributed by atoms with E-state index >= 15 is 4.39 Å². The maximum atomic E-state index is 15.5. The summed E-state index contributed by atoms with van der Waals surface area (Å²) in [6.07, 6.45) is 2.17. The van der Waals surface area contributed by atoms with Crippen LogP contribution in [-0.2, 0) is 0 Å². The molecular weight excluding hydrogens is 344 g/mol. The zero-order chi connectivity index (χ0) is 18.9. The first-order valence-electron chi connectivity index (χ1n) is 9.84. The van der Waals surface area contributed by atoms with Gasteiger partial charge in [-0.1, -0.05) is 25.8 Å². The molecule has 2 aliphatic carbocycles. The molecule has 5 unspecified atom stereocenters. The molecule has 0 heterocycles. The molecule has 0 radical (unpaired) electrons. The lowest BCUT2D eigenvalue weighted by molar-refractivity contribution is 0.0136. The maximum absolute atomic E-state index is 15.5. The Hall–Kier alpha value is -1.26. The number of ether oxygens (including phenoxy) is 1. The van der Waals surface area contributed by atoms with E-state index in [1.165, 1.54) is 12.1 Å². The van der Waals surface area contributed by atoms with Crippen molar-refractivity contribution in [2.75, 3.05) is 6.61 Å². The van der Waals surface area contributed by atoms with Gasteiger partial charge in [0.25, 0.3) is 0 Å². The van der Waals surface area contributed by atoms with E-state index in [1.54, 1.807) is 6.92 Å². The molecule has 5 atom stereocenters. The fourth-order valence-electron chi connectivity index (χ4n) is 5.04. The van der Waals surface area contributed by atoms with Gasteiger partial charge in [-0.2, -0.15) is 4.39 Å². The predicted octanol–water partition coefficient (Wildman–Crippen LogP) is 6.50. The average Bonchev–Trinajstić information content (AvgIpc) is 2.88. The zero-order valence-electron chi connectivity index (χ0n) is 15.5. The highest BCUT2D eigenvalue weighted by Crippen LogP contribution is 2.54. The first-order valence-corrected chi connectivity index (χ1v) is 9.84. The zero-order valence-corrected chi connectivity index (χ0v) is 15.5. The molecule has 0 saturated heterocycles. The van der Waals surface area contributed by atoms with Crippen LogP contribution in [0.5, 0.6) is 5.75 Å². The highest BCUT2D eigenvalue weighted by Gasteiger charge is 2.55. The molecule has 0 aliphatic heterocycles. The number of hydrogen-bond acceptors (Lipinski definition) is 1. The molecule has 0 aromatic heterocycles. The largest absolute Gasteiger partial charge is 0.491 e. The molecule has 2 saturated carbocycles. The summed E-state index contributed by atoms with van der Waals surface area (Å²) in [7, 11) is 0. The van der Waals surface area contributed by atoms with Gasteiger partial charge in [0.1, 0.15) is 11.8 Å². The quantitative estimate of drug-likeness (QED) is 0.536. The van der Waals surface area contributed by atoms with Gasteiger partial charge in [-0.15, -0.1) is 0 Å². The number of alkyl halides is 2. The van der Waals surface area contributed by atoms with Crippen LogP contribution in [0.3, 0.4) is 0 Å². The van der Waals surface area contributed by atoms with E-state index in [0.29, 0.717) is 19.3 Å². The average molecular weight is 372 g/mol. The second-order valence-electron chi connectivity index (χ2n) is 7.91. The second-order valence-corrected chi connectivity index (χ2v) is 7.91. The van der Waals surface area contributed by atoms with Crippen molar-refractivity contribution < 1.29 is 22.3 Å². The van der Waals surface area contributed by atoms with Gasteiger partial charge >= 0.3 is 0 Å². The highest BCUT2D eigenvalue weighted by molar-refractivity contribution is 5.33. The fraction of sp³-hybridized carbons (Fsp3) is 0.714. The number of halogens is 4. The lowest BCUT2D eigenvalue weighted by Gasteiger charge is -2.28. The number of hydrogen-bond donors (Lipinski definition) is 0. The third-order valence-corrected chi connectivity index (χ3v) is 6.29. The minimum atomic E-state index is -1.81. The molecule has 1 aromatic rings. The van der Waals surface area contributed by atoms with Gasteiger partial charge in [-0.05, 0) is 68.4 Å². The molecule has 0 bridgehead atoms. The minimum Gasteiger partial charge on any atom is -0.491 e. The van der Waals surface area contributed by atoms with Crippen molar-refractivity contribution in [3.8, 4) is 5.75 Å². The summed E-state index contributed by atoms with van der Waals surface area (Å²) in [5.74, 6) is -2.74. The summed E-state index contributed by atoms with van der Waals surface area (Å²) in [6, 6.07) is 2.85. The first-order chi connectivity index (χ1) is 12.4. The molecule has 2 aliphatic rings. The Balaban J connectivity index is 1.80. The lowest BCUT2D eigenvalue weighted by atomic mass is 9.86. The van der Waals surface area contributed by atoms with Gasteiger partial charge in [0.05, 0.1) is 6.61 Å². The van der Waals surface area contributed by atoms with Gasteiger partial charge in [0.2, 0.25) is 5.82 Å². The van der Waals surface area contributed by atoms with Gasteiger partial charge in [-0.3, -0.25) is 0 Å². The third kappa shape index (κ3) is 3.46. The molecule has 0 amide bonds. The second kappa shape index (κ2) is 7.77. The van der Waals surface area contributed by atoms with Crippen molar-refractivity contribution in [2.24, 2.45) is 11.8 Å². The van der Waals surface area contributed by atoms with Crippen LogP contribution in [0.1, 0.15) is 70.3 Å². The van der Waals surface area contributed by atoms with Crippen LogP contribution in [-0.4, -0.2) is 18.4 Å². The maximum Gasteiger partial charge on any atom is 0.200 e. The van der Waals surface area contributed by atoms with Crippen LogP contribution in [0.15, 0.2) is 12.1 Å². The topological polar surface area (TPSA) is 9.23 Å². The van der Waals surface area contributed by atoms with Crippen LogP contribution in [0.4, 0.5) is 17.6 Å². The van der Waals surface area contributed by atoms with E-state index in [-0.39, 0.29) is 42.6 Å². The van der Waals surface area contributed by atoms with Crippen molar-refractivity contribution in [3.05, 3.63) is 29.3 Å². The molecule has 2 fully saturated rings. The molecule has 26 heavy (non-hydrogen) atoms. The van der Waals surface area contributed by atoms with Crippen molar-refractivity contribution in [1.82, 2.24) is 0 Å². The van der Waals surface area contributed by atoms with Crippen LogP contribution >= 0.6 is 0 Å². The summed E-state index contributed by atoms with van der Waals surface area (Å²) in [5, 5.41) is 0. The Morgan fingerprint density at radius 2 is 1.88 bits per heavy atom. The van der Waals surface area contributed by atoms with Gasteiger partial charge in [0, 0.05) is 0 Å². The number of fused-ring (bicyclic) bond motifs is 1. The lowest BCUT2D eigenvalue weighted by Crippen LogP contribution is -2.37. The molecule has 0 spiro atoms. The molecular formula is C21H28F4O. The Kier molecular flexibility index (Phi) is 5.83. The summed E-state index contributed by atoms with van der Waals surface area (Å²) in [4.78, 5) is 0. The molecule has 146 valence electrons. The molecule has 1 aromatic carbocycles. The number of benzene rings is 1. The Labute approximate surface area is 153 Å². The van der Waals surface area contributed by atoms with Crippen LogP contribution < -0.4 is 4.74 Å². The Morgan fingerprint density at radius 3 is 2.58 bits per heavy atom. The fourth-order valence-corrected chi connectivity index (χ4v) is 5.04. The molecule has 3 rings (SSSR count). The van der Waals surface area contributed by atoms with Gasteiger partial charge in [0.15, 0.2) is 11.6 Å². The van der Waals surface area contributed by atoms with Crippen molar-refractivity contribution in [2.45, 2.75) is 76.6 Å². The summed E-state index contributed by atoms with van der Waals surface area (Å²) in [6.45, 7) is 3.98. The van der Waals surface area contributed by atoms with E-state index in [1.807, 2.05) is 0 Å². The van der Waals surface area contributed by atoms with Crippen molar-refractivity contribution >= 4 is 0 Å². The smallest absolute Gasteiger partial charge is 0.200 e. The van der Waals surface area contributed by atoms with Crippen molar-refractivity contribution in [3.63, 3.8) is 0 Å². The Morgan fingerprint density at radius 1 is 1.12 bits per heavy atom. The highest BCUT2D eigenvalue weighted by atomic mass is 19.2. The van der Waals surface area contributed by atoms with Gasteiger partial charge in [-0.25, -0.2) is 13.2 Å². The Bertz CT molecular complexity index is 635. The number of rotatable bonds is 5. The van der Waals surface area contributed by atoms with Gasteiger partial charge < -0.3 is 4.74 Å². The first kappa shape index (κ1) is 19.5. The molecule has 5 heteroatoms. The SMILES string of the molecule is CCCC1CC2CCC(c3ccc(OCC)c(F)c3F)CC(F)C2(F)C1. The predicted molar refractivity (Wildman–Crippen MR) is 94.0 cm³/mol. The molecule has 0 N–H and O–H groups in total. The third-order valence-electron chi connectivity index (χ3n) is 6.29. The summed E-state index contributed by atoms with van der Waals surface area (Å²) >= 11 is 0. The minimum absolute atomic E-state index is 0.0871. The van der Waals surface area contributed by atoms with E-state index in [0.717, 1.165) is 12.8 Å². The van der Waals surface area contributed by atoms with Crippen LogP contribution in [0, 0.1) is 23.5 Å². The summed E-state index contributed by atoms with van der Waals surface area (Å²) < 4.78 is 64.2. The van der Waals surface area contributed by atoms with E-state index < -0.39 is 29.4 Å². The standard InChI is InChI=1S/C21H28F4O/c1-3-5-13-10-15-7-6-14(11-18(22)21(15,25)12-13)16-8-9-17(26-4-2)20(24)19(16)23/h8-9,13-15,18H,3-7,10-12H2,1-2H3. The van der Waals surface area contributed by atoms with Crippen LogP contribution in [0.25, 0.3) is 0 Å². The van der Waals surface area contributed by atoms with Crippen molar-refractivity contribution in [1.29, 1.82) is 0 Å². The van der Waals surface area contributed by atoms with Crippen LogP contribution in [0.2, 0.25) is 0 Å². The van der Waals surface area contributed by atoms with E-state index in [9.17, 15) is 13.2 Å². The van der Waals surface area contributed by atoms with E-state index in [4.69, 9.17) is 4.74 Å². The van der Waals surface area contributed by atoms with E-state index in [2.05, 4.69) is 6.92 Å². The summed E-state index contributed by atoms with van der Waals surface area (Å²) in [5.41, 5.74) is -1.67.